The number of halogens is 3. The lowest BCUT2D eigenvalue weighted by Gasteiger charge is -2.11. The first kappa shape index (κ1) is 16.9. The smallest absolute Gasteiger partial charge is 0.264 e. The highest BCUT2D eigenvalue weighted by Crippen LogP contribution is 2.23. The summed E-state index contributed by atoms with van der Waals surface area (Å²) in [4.78, 5) is -1.00. The summed E-state index contributed by atoms with van der Waals surface area (Å²) in [7, 11) is -4.47. The van der Waals surface area contributed by atoms with Crippen LogP contribution in [0.2, 0.25) is 0 Å². The van der Waals surface area contributed by atoms with Crippen LogP contribution >= 0.6 is 0 Å². The first-order chi connectivity index (χ1) is 11.8. The molecular weight excluding hydrogens is 359 g/mol. The Morgan fingerprint density at radius 1 is 1.08 bits per heavy atom. The molecular formula is C14H10F3N5O2S. The van der Waals surface area contributed by atoms with Crippen molar-refractivity contribution in [2.24, 2.45) is 0 Å². The first-order valence-electron chi connectivity index (χ1n) is 6.81. The fourth-order valence-corrected chi connectivity index (χ4v) is 3.22. The molecule has 0 aliphatic rings. The van der Waals surface area contributed by atoms with Crippen molar-refractivity contribution in [3.63, 3.8) is 0 Å². The van der Waals surface area contributed by atoms with Crippen LogP contribution < -0.4 is 4.72 Å². The number of hydrogen-bond donors (Lipinski definition) is 1. The summed E-state index contributed by atoms with van der Waals surface area (Å²) < 4.78 is 68.0. The maximum Gasteiger partial charge on any atom is 0.264 e. The topological polar surface area (TPSA) is 89.8 Å². The molecule has 1 heterocycles. The molecule has 3 rings (SSSR count). The molecule has 0 atom stereocenters. The molecule has 11 heteroatoms. The molecule has 130 valence electrons. The van der Waals surface area contributed by atoms with Crippen LogP contribution in [0.5, 0.6) is 0 Å². The second kappa shape index (κ2) is 6.16. The number of aromatic nitrogens is 4. The molecule has 25 heavy (non-hydrogen) atoms. The van der Waals surface area contributed by atoms with Gasteiger partial charge in [0, 0.05) is 0 Å². The van der Waals surface area contributed by atoms with Crippen LogP contribution in [-0.4, -0.2) is 28.6 Å². The first-order valence-corrected chi connectivity index (χ1v) is 8.29. The zero-order valence-electron chi connectivity index (χ0n) is 12.6. The van der Waals surface area contributed by atoms with E-state index in [2.05, 4.69) is 20.2 Å². The number of anilines is 1. The number of nitrogens with one attached hydrogen (secondary N) is 1. The average Bonchev–Trinajstić information content (AvgIpc) is 2.98. The van der Waals surface area contributed by atoms with E-state index in [1.165, 1.54) is 22.9 Å². The maximum absolute atomic E-state index is 13.8. The van der Waals surface area contributed by atoms with Gasteiger partial charge in [-0.05, 0) is 47.7 Å². The van der Waals surface area contributed by atoms with Gasteiger partial charge in [-0.2, -0.15) is 4.68 Å². The van der Waals surface area contributed by atoms with Gasteiger partial charge < -0.3 is 0 Å². The van der Waals surface area contributed by atoms with Gasteiger partial charge >= 0.3 is 0 Å². The third kappa shape index (κ3) is 3.18. The minimum Gasteiger partial charge on any atom is -0.279 e. The molecule has 7 nitrogen and oxygen atoms in total. The van der Waals surface area contributed by atoms with Gasteiger partial charge in [0.1, 0.15) is 4.90 Å². The second-order valence-corrected chi connectivity index (χ2v) is 6.62. The van der Waals surface area contributed by atoms with Crippen LogP contribution in [-0.2, 0) is 10.0 Å². The molecule has 0 fully saturated rings. The van der Waals surface area contributed by atoms with Crippen molar-refractivity contribution in [3.8, 4) is 5.69 Å². The molecule has 1 aromatic heterocycles. The van der Waals surface area contributed by atoms with E-state index in [1.54, 1.807) is 13.0 Å². The molecule has 0 saturated heterocycles. The summed E-state index contributed by atoms with van der Waals surface area (Å²) >= 11 is 0. The van der Waals surface area contributed by atoms with Gasteiger partial charge in [0.05, 0.1) is 11.4 Å². The molecule has 0 bridgehead atoms. The minimum absolute atomic E-state index is 0.0662. The quantitative estimate of drug-likeness (QED) is 0.712. The summed E-state index contributed by atoms with van der Waals surface area (Å²) in [5.41, 5.74) is 0.519. The van der Waals surface area contributed by atoms with Crippen molar-refractivity contribution in [2.75, 3.05) is 4.72 Å². The number of rotatable bonds is 4. The third-order valence-corrected chi connectivity index (χ3v) is 4.66. The monoisotopic (exact) mass is 369 g/mol. The molecule has 0 saturated carbocycles. The molecule has 0 radical (unpaired) electrons. The number of hydrogen-bond acceptors (Lipinski definition) is 5. The Hall–Kier alpha value is -2.95. The van der Waals surface area contributed by atoms with Crippen molar-refractivity contribution in [1.82, 2.24) is 20.2 Å². The number of aryl methyl sites for hydroxylation is 1. The Kier molecular flexibility index (Phi) is 4.17. The molecule has 0 amide bonds. The lowest BCUT2D eigenvalue weighted by Crippen LogP contribution is -2.16. The molecule has 0 aliphatic heterocycles. The van der Waals surface area contributed by atoms with E-state index < -0.39 is 32.4 Å². The van der Waals surface area contributed by atoms with Crippen molar-refractivity contribution in [1.29, 1.82) is 0 Å². The van der Waals surface area contributed by atoms with E-state index in [1.807, 2.05) is 0 Å². The van der Waals surface area contributed by atoms with E-state index in [4.69, 9.17) is 0 Å². The Bertz CT molecular complexity index is 1050. The second-order valence-electron chi connectivity index (χ2n) is 4.97. The van der Waals surface area contributed by atoms with E-state index in [0.717, 1.165) is 0 Å². The van der Waals surface area contributed by atoms with Crippen LogP contribution in [0.25, 0.3) is 5.69 Å². The largest absolute Gasteiger partial charge is 0.279 e. The normalized spacial score (nSPS) is 11.5. The molecule has 3 aromatic rings. The van der Waals surface area contributed by atoms with Crippen molar-refractivity contribution in [3.05, 3.63) is 59.7 Å². The summed E-state index contributed by atoms with van der Waals surface area (Å²) in [5.74, 6) is -4.67. The number of sulfonamides is 1. The number of benzene rings is 2. The van der Waals surface area contributed by atoms with Gasteiger partial charge in [-0.15, -0.1) is 5.10 Å². The Morgan fingerprint density at radius 3 is 2.52 bits per heavy atom. The lowest BCUT2D eigenvalue weighted by atomic mass is 10.3. The maximum atomic E-state index is 13.8. The summed E-state index contributed by atoms with van der Waals surface area (Å²) in [6.07, 6.45) is 0. The summed E-state index contributed by atoms with van der Waals surface area (Å²) in [5, 5.41) is 10.9. The summed E-state index contributed by atoms with van der Waals surface area (Å²) in [6.45, 7) is 1.65. The highest BCUT2D eigenvalue weighted by atomic mass is 32.2. The third-order valence-electron chi connectivity index (χ3n) is 3.26. The zero-order chi connectivity index (χ0) is 18.2. The Labute approximate surface area is 140 Å². The van der Waals surface area contributed by atoms with E-state index in [9.17, 15) is 21.6 Å². The van der Waals surface area contributed by atoms with E-state index >= 15 is 0 Å². The highest BCUT2D eigenvalue weighted by Gasteiger charge is 2.24. The SMILES string of the molecule is Cc1nnnn1-c1cccc(NS(=O)(=O)c2ccc(F)c(F)c2F)c1. The van der Waals surface area contributed by atoms with Gasteiger partial charge in [0.25, 0.3) is 10.0 Å². The van der Waals surface area contributed by atoms with Crippen LogP contribution in [0, 0.1) is 24.4 Å². The average molecular weight is 369 g/mol. The molecule has 0 unspecified atom stereocenters. The molecule has 0 spiro atoms. The van der Waals surface area contributed by atoms with Crippen LogP contribution in [0.15, 0.2) is 41.3 Å². The molecule has 1 N–H and O–H groups in total. The number of tetrazole rings is 1. The van der Waals surface area contributed by atoms with Crippen LogP contribution in [0.1, 0.15) is 5.82 Å². The Balaban J connectivity index is 1.97. The lowest BCUT2D eigenvalue weighted by molar-refractivity contribution is 0.432. The van der Waals surface area contributed by atoms with Crippen LogP contribution in [0.3, 0.4) is 0 Å². The standard InChI is InChI=1S/C14H10F3N5O2S/c1-8-18-20-21-22(8)10-4-2-3-9(7-10)19-25(23,24)12-6-5-11(15)13(16)14(12)17/h2-7,19H,1H3. The van der Waals surface area contributed by atoms with Crippen molar-refractivity contribution in [2.45, 2.75) is 11.8 Å². The molecule has 0 aliphatic carbocycles. The van der Waals surface area contributed by atoms with Gasteiger partial charge in [-0.3, -0.25) is 4.72 Å². The fraction of sp³-hybridized carbons (Fsp3) is 0.0714. The molecule has 2 aromatic carbocycles. The zero-order valence-corrected chi connectivity index (χ0v) is 13.4. The van der Waals surface area contributed by atoms with Crippen molar-refractivity contribution < 1.29 is 21.6 Å². The van der Waals surface area contributed by atoms with Gasteiger partial charge in [-0.25, -0.2) is 21.6 Å². The number of nitrogens with zero attached hydrogens (tertiary/aromatic N) is 4. The predicted molar refractivity (Wildman–Crippen MR) is 81.0 cm³/mol. The predicted octanol–water partition coefficient (Wildman–Crippen LogP) is 2.19. The van der Waals surface area contributed by atoms with Gasteiger partial charge in [-0.1, -0.05) is 6.07 Å². The van der Waals surface area contributed by atoms with E-state index in [0.29, 0.717) is 23.6 Å². The van der Waals surface area contributed by atoms with Gasteiger partial charge in [0.15, 0.2) is 23.3 Å². The van der Waals surface area contributed by atoms with Gasteiger partial charge in [0.2, 0.25) is 0 Å². The summed E-state index contributed by atoms with van der Waals surface area (Å²) in [6, 6.07) is 7.13. The van der Waals surface area contributed by atoms with Crippen molar-refractivity contribution >= 4 is 15.7 Å². The van der Waals surface area contributed by atoms with E-state index in [-0.39, 0.29) is 5.69 Å². The highest BCUT2D eigenvalue weighted by molar-refractivity contribution is 7.92. The minimum atomic E-state index is -4.47. The fourth-order valence-electron chi connectivity index (χ4n) is 2.10. The Morgan fingerprint density at radius 2 is 1.84 bits per heavy atom. The van der Waals surface area contributed by atoms with Crippen LogP contribution in [0.4, 0.5) is 18.9 Å².